The van der Waals surface area contributed by atoms with Crippen molar-refractivity contribution < 1.29 is 13.6 Å². The number of amides is 1. The number of aliphatic imine (C=N–C) groups is 1. The molecule has 1 aliphatic rings. The number of benzene rings is 1. The first-order chi connectivity index (χ1) is 12.4. The van der Waals surface area contributed by atoms with Crippen LogP contribution in [-0.2, 0) is 21.1 Å². The van der Waals surface area contributed by atoms with Crippen LogP contribution in [0.4, 0.5) is 0 Å². The van der Waals surface area contributed by atoms with Gasteiger partial charge in [-0.25, -0.2) is 9.20 Å². The number of aromatic nitrogens is 1. The van der Waals surface area contributed by atoms with Gasteiger partial charge < -0.3 is 4.55 Å². The number of para-hydroxylation sites is 1. The third-order valence-electron chi connectivity index (χ3n) is 3.97. The van der Waals surface area contributed by atoms with E-state index in [1.807, 2.05) is 24.3 Å². The Hall–Kier alpha value is -2.29. The summed E-state index contributed by atoms with van der Waals surface area (Å²) in [5.41, 5.74) is 1.24. The fraction of sp³-hybridized carbons (Fsp3) is 0.222. The lowest BCUT2D eigenvalue weighted by atomic mass is 10.2. The average molecular weight is 390 g/mol. The Labute approximate surface area is 155 Å². The second kappa shape index (κ2) is 7.53. The van der Waals surface area contributed by atoms with E-state index in [2.05, 4.69) is 4.99 Å². The fourth-order valence-electron chi connectivity index (χ4n) is 2.53. The molecule has 0 fully saturated rings. The van der Waals surface area contributed by atoms with Crippen LogP contribution in [0.15, 0.2) is 58.4 Å². The van der Waals surface area contributed by atoms with E-state index in [0.29, 0.717) is 10.6 Å². The molecule has 0 bridgehead atoms. The molecule has 0 spiro atoms. The SMILES string of the molecule is CCS(=O)(O)=C1C=CC(=NC(=O)CCn2c(=O)sc3ccccc32)C=C1. The molecule has 2 aromatic rings. The molecule has 1 atom stereocenters. The molecule has 0 saturated carbocycles. The van der Waals surface area contributed by atoms with Crippen molar-refractivity contribution in [3.63, 3.8) is 0 Å². The minimum atomic E-state index is -3.02. The van der Waals surface area contributed by atoms with Gasteiger partial charge in [0.05, 0.1) is 30.6 Å². The number of allylic oxidation sites excluding steroid dienone is 4. The Kier molecular flexibility index (Phi) is 5.36. The number of rotatable bonds is 4. The highest BCUT2D eigenvalue weighted by Crippen LogP contribution is 2.16. The summed E-state index contributed by atoms with van der Waals surface area (Å²) in [6, 6.07) is 7.46. The van der Waals surface area contributed by atoms with Gasteiger partial charge in [-0.1, -0.05) is 30.4 Å². The van der Waals surface area contributed by atoms with Gasteiger partial charge >= 0.3 is 4.87 Å². The molecule has 1 aromatic carbocycles. The van der Waals surface area contributed by atoms with E-state index in [0.717, 1.165) is 21.6 Å². The lowest BCUT2D eigenvalue weighted by Gasteiger charge is -2.07. The van der Waals surface area contributed by atoms with E-state index < -0.39 is 9.80 Å². The molecule has 6 nitrogen and oxygen atoms in total. The summed E-state index contributed by atoms with van der Waals surface area (Å²) in [5.74, 6) is -0.216. The highest BCUT2D eigenvalue weighted by atomic mass is 32.2. The summed E-state index contributed by atoms with van der Waals surface area (Å²) in [5, 5.41) is 0. The Morgan fingerprint density at radius 3 is 2.62 bits per heavy atom. The van der Waals surface area contributed by atoms with E-state index in [1.165, 1.54) is 12.2 Å². The van der Waals surface area contributed by atoms with E-state index in [-0.39, 0.29) is 29.5 Å². The van der Waals surface area contributed by atoms with Crippen molar-refractivity contribution in [2.45, 2.75) is 19.9 Å². The van der Waals surface area contributed by atoms with Gasteiger partial charge in [-0.05, 0) is 36.4 Å². The lowest BCUT2D eigenvalue weighted by molar-refractivity contribution is -0.117. The predicted molar refractivity (Wildman–Crippen MR) is 108 cm³/mol. The molecule has 1 unspecified atom stereocenters. The molecular formula is C18H18N2O4S2. The van der Waals surface area contributed by atoms with Crippen LogP contribution in [0.3, 0.4) is 0 Å². The number of fused-ring (bicyclic) bond motifs is 1. The van der Waals surface area contributed by atoms with Crippen LogP contribution in [0, 0.1) is 0 Å². The fourth-order valence-corrected chi connectivity index (χ4v) is 4.35. The molecule has 1 heterocycles. The molecule has 26 heavy (non-hydrogen) atoms. The van der Waals surface area contributed by atoms with Crippen LogP contribution in [0.1, 0.15) is 13.3 Å². The first kappa shape index (κ1) is 18.5. The van der Waals surface area contributed by atoms with Gasteiger partial charge in [0.25, 0.3) is 0 Å². The summed E-state index contributed by atoms with van der Waals surface area (Å²) in [6.07, 6.45) is 6.22. The Balaban J connectivity index is 1.71. The average Bonchev–Trinajstić information content (AvgIpc) is 2.95. The first-order valence-electron chi connectivity index (χ1n) is 8.08. The summed E-state index contributed by atoms with van der Waals surface area (Å²) in [4.78, 5) is 28.4. The third-order valence-corrected chi connectivity index (χ3v) is 6.72. The first-order valence-corrected chi connectivity index (χ1v) is 10.6. The van der Waals surface area contributed by atoms with Gasteiger partial charge in [0, 0.05) is 18.7 Å². The monoisotopic (exact) mass is 390 g/mol. The smallest absolute Gasteiger partial charge is 0.308 e. The zero-order chi connectivity index (χ0) is 18.7. The topological polar surface area (TPSA) is 88.7 Å². The largest absolute Gasteiger partial charge is 0.313 e. The summed E-state index contributed by atoms with van der Waals surface area (Å²) >= 11 is 1.15. The Morgan fingerprint density at radius 2 is 1.92 bits per heavy atom. The minimum absolute atomic E-state index is 0.0966. The number of carbonyl (C=O) groups excluding carboxylic acids is 1. The second-order valence-corrected chi connectivity index (χ2v) is 8.99. The van der Waals surface area contributed by atoms with Gasteiger partial charge in [-0.2, -0.15) is 0 Å². The number of hydrogen-bond donors (Lipinski definition) is 1. The van der Waals surface area contributed by atoms with Crippen LogP contribution in [0.5, 0.6) is 0 Å². The number of aryl methyl sites for hydroxylation is 1. The van der Waals surface area contributed by atoms with Gasteiger partial charge in [-0.15, -0.1) is 0 Å². The summed E-state index contributed by atoms with van der Waals surface area (Å²) in [7, 11) is -3.02. The molecule has 1 aliphatic carbocycles. The van der Waals surface area contributed by atoms with Crippen molar-refractivity contribution in [3.05, 3.63) is 58.2 Å². The second-order valence-electron chi connectivity index (χ2n) is 5.67. The van der Waals surface area contributed by atoms with Crippen molar-refractivity contribution in [2.24, 2.45) is 4.99 Å². The summed E-state index contributed by atoms with van der Waals surface area (Å²) < 4.78 is 24.1. The van der Waals surface area contributed by atoms with Crippen LogP contribution in [-0.4, -0.2) is 35.6 Å². The van der Waals surface area contributed by atoms with Gasteiger partial charge in [0.2, 0.25) is 5.91 Å². The lowest BCUT2D eigenvalue weighted by Crippen LogP contribution is -2.16. The van der Waals surface area contributed by atoms with Gasteiger partial charge in [0.15, 0.2) is 0 Å². The maximum atomic E-state index is 12.1. The quantitative estimate of drug-likeness (QED) is 0.813. The maximum Gasteiger partial charge on any atom is 0.308 e. The number of nitrogens with zero attached hydrogens (tertiary/aromatic N) is 2. The standard InChI is InChI=1S/C18H18N2O4S2/c1-2-26(23,24)14-9-7-13(8-10-14)19-17(21)11-12-20-15-5-3-4-6-16(15)25-18(20)22/h3-10H,2,11-12H2,1H3,(H,23,24). The Morgan fingerprint density at radius 1 is 1.23 bits per heavy atom. The highest BCUT2D eigenvalue weighted by Gasteiger charge is 2.11. The molecule has 0 saturated heterocycles. The van der Waals surface area contributed by atoms with Crippen LogP contribution < -0.4 is 4.87 Å². The minimum Gasteiger partial charge on any atom is -0.313 e. The van der Waals surface area contributed by atoms with Crippen LogP contribution in [0.2, 0.25) is 0 Å². The van der Waals surface area contributed by atoms with Crippen LogP contribution in [0.25, 0.3) is 10.2 Å². The van der Waals surface area contributed by atoms with E-state index >= 15 is 0 Å². The molecule has 3 rings (SSSR count). The van der Waals surface area contributed by atoms with Crippen molar-refractivity contribution >= 4 is 47.8 Å². The zero-order valence-electron chi connectivity index (χ0n) is 14.1. The molecule has 0 aliphatic heterocycles. The van der Waals surface area contributed by atoms with Gasteiger partial charge in [-0.3, -0.25) is 14.2 Å². The van der Waals surface area contributed by atoms with Crippen molar-refractivity contribution in [3.8, 4) is 0 Å². The van der Waals surface area contributed by atoms with E-state index in [9.17, 15) is 18.4 Å². The molecule has 1 aromatic heterocycles. The molecule has 0 radical (unpaired) electrons. The van der Waals surface area contributed by atoms with E-state index in [1.54, 1.807) is 23.6 Å². The van der Waals surface area contributed by atoms with Crippen LogP contribution >= 0.6 is 11.3 Å². The van der Waals surface area contributed by atoms with Crippen molar-refractivity contribution in [2.75, 3.05) is 5.75 Å². The van der Waals surface area contributed by atoms with Gasteiger partial charge in [0.1, 0.15) is 0 Å². The molecule has 1 amide bonds. The Bertz CT molecular complexity index is 1110. The molecular weight excluding hydrogens is 372 g/mol. The summed E-state index contributed by atoms with van der Waals surface area (Å²) in [6.45, 7) is 1.91. The molecule has 8 heteroatoms. The molecule has 136 valence electrons. The van der Waals surface area contributed by atoms with E-state index in [4.69, 9.17) is 0 Å². The zero-order valence-corrected chi connectivity index (χ0v) is 15.8. The predicted octanol–water partition coefficient (Wildman–Crippen LogP) is 2.50. The number of hydrogen-bond acceptors (Lipinski definition) is 4. The maximum absolute atomic E-state index is 12.1. The highest BCUT2D eigenvalue weighted by molar-refractivity contribution is 7.97. The third kappa shape index (κ3) is 3.92. The number of carbonyl (C=O) groups is 1. The molecule has 1 N–H and O–H groups in total. The normalized spacial score (nSPS) is 16.1. The van der Waals surface area contributed by atoms with Crippen molar-refractivity contribution in [1.82, 2.24) is 4.57 Å². The number of thiazole rings is 1. The van der Waals surface area contributed by atoms with Crippen molar-refractivity contribution in [1.29, 1.82) is 0 Å².